The Morgan fingerprint density at radius 1 is 1.00 bits per heavy atom. The molecule has 0 aromatic carbocycles. The number of carboxylic acids is 2. The molecule has 0 amide bonds. The fourth-order valence-electron chi connectivity index (χ4n) is 3.71. The van der Waals surface area contributed by atoms with Crippen LogP contribution >= 0.6 is 0 Å². The van der Waals surface area contributed by atoms with E-state index in [0.29, 0.717) is 16.0 Å². The van der Waals surface area contributed by atoms with E-state index in [2.05, 4.69) is 0 Å². The predicted molar refractivity (Wildman–Crippen MR) is 83.2 cm³/mol. The zero-order chi connectivity index (χ0) is 18.1. The molecule has 2 aliphatic carbocycles. The van der Waals surface area contributed by atoms with Gasteiger partial charge in [-0.15, -0.1) is 0 Å². The Balaban J connectivity index is 2.21. The minimum atomic E-state index is -4.49. The number of rotatable bonds is 5. The average Bonchev–Trinajstić information content (AvgIpc) is 2.48. The van der Waals surface area contributed by atoms with Gasteiger partial charge < -0.3 is 0 Å². The normalized spacial score (nSPS) is 37.8. The molecule has 2 atom stereocenters. The maximum absolute atomic E-state index is 11.9. The van der Waals surface area contributed by atoms with Crippen molar-refractivity contribution >= 4 is 50.0 Å². The number of carboxylic acid groups (broad SMARTS) is 2. The van der Waals surface area contributed by atoms with E-state index in [0.717, 1.165) is 27.9 Å². The first-order valence-corrected chi connectivity index (χ1v) is 10.7. The van der Waals surface area contributed by atoms with Crippen LogP contribution in [0, 0.1) is 11.8 Å². The van der Waals surface area contributed by atoms with Gasteiger partial charge in [0.05, 0.1) is 0 Å². The Hall–Kier alpha value is -0.190. The van der Waals surface area contributed by atoms with Crippen molar-refractivity contribution in [1.82, 2.24) is 0 Å². The Kier molecular flexibility index (Phi) is 6.36. The molecule has 0 spiro atoms. The molecule has 0 aromatic rings. The molecule has 2 rings (SSSR count). The van der Waals surface area contributed by atoms with E-state index < -0.39 is 44.9 Å². The van der Waals surface area contributed by atoms with Crippen molar-refractivity contribution in [1.29, 1.82) is 0 Å². The van der Waals surface area contributed by atoms with E-state index in [-0.39, 0.29) is 32.1 Å². The van der Waals surface area contributed by atoms with Gasteiger partial charge in [-0.3, -0.25) is 0 Å². The van der Waals surface area contributed by atoms with E-state index in [1.54, 1.807) is 0 Å². The molecule has 2 aliphatic rings. The molecule has 0 bridgehead atoms. The summed E-state index contributed by atoms with van der Waals surface area (Å²) in [6.45, 7) is 0. The second-order valence-electron chi connectivity index (χ2n) is 7.09. The minimum absolute atomic E-state index is 0.00599. The van der Waals surface area contributed by atoms with Gasteiger partial charge in [-0.2, -0.15) is 0 Å². The van der Waals surface area contributed by atoms with Crippen LogP contribution < -0.4 is 0 Å². The molecule has 2 saturated carbocycles. The van der Waals surface area contributed by atoms with Crippen molar-refractivity contribution in [3.05, 3.63) is 0 Å². The molecular weight excluding hydrogens is 351 g/mol. The zero-order valence-corrected chi connectivity index (χ0v) is 16.4. The molecule has 132 valence electrons. The first-order chi connectivity index (χ1) is 11.0. The topological polar surface area (TPSA) is 138 Å². The van der Waals surface area contributed by atoms with Gasteiger partial charge >= 0.3 is 158 Å². The monoisotopic (exact) mass is 372 g/mol. The molecule has 0 aliphatic heterocycles. The van der Waals surface area contributed by atoms with Crippen LogP contribution in [-0.4, -0.2) is 74.1 Å². The molecule has 2 fully saturated rings. The molecule has 10 heteroatoms. The SMILES string of the molecule is O=C(O)C1CC(OC2(S(=O)(=O)O)CC[CH]([Na])CC2)CC(C(=O)O)C1. The quantitative estimate of drug-likeness (QED) is 0.481. The van der Waals surface area contributed by atoms with Crippen LogP contribution in [0.25, 0.3) is 0 Å². The molecule has 0 heterocycles. The summed E-state index contributed by atoms with van der Waals surface area (Å²) in [5.74, 6) is -4.01. The van der Waals surface area contributed by atoms with E-state index in [1.807, 2.05) is 0 Å². The molecule has 0 radical (unpaired) electrons. The van der Waals surface area contributed by atoms with Crippen molar-refractivity contribution in [3.63, 3.8) is 0 Å². The van der Waals surface area contributed by atoms with E-state index in [9.17, 15) is 32.8 Å². The van der Waals surface area contributed by atoms with Crippen LogP contribution in [0.2, 0.25) is 3.17 Å². The Labute approximate surface area is 158 Å². The van der Waals surface area contributed by atoms with Gasteiger partial charge in [-0.1, -0.05) is 0 Å². The number of hydrogen-bond donors (Lipinski definition) is 3. The first-order valence-electron chi connectivity index (χ1n) is 8.14. The van der Waals surface area contributed by atoms with Gasteiger partial charge in [-0.25, -0.2) is 0 Å². The van der Waals surface area contributed by atoms with Crippen molar-refractivity contribution in [2.45, 2.75) is 59.2 Å². The Bertz CT molecular complexity index is 574. The van der Waals surface area contributed by atoms with Crippen LogP contribution in [0.1, 0.15) is 44.9 Å². The van der Waals surface area contributed by atoms with Crippen LogP contribution in [0.5, 0.6) is 0 Å². The second-order valence-corrected chi connectivity index (χ2v) is 10.4. The van der Waals surface area contributed by atoms with Gasteiger partial charge in [0, 0.05) is 0 Å². The van der Waals surface area contributed by atoms with E-state index in [4.69, 9.17) is 4.74 Å². The van der Waals surface area contributed by atoms with E-state index in [1.165, 1.54) is 0 Å². The molecule has 2 unspecified atom stereocenters. The van der Waals surface area contributed by atoms with Crippen molar-refractivity contribution in [2.75, 3.05) is 0 Å². The summed E-state index contributed by atoms with van der Waals surface area (Å²) < 4.78 is 39.7. The van der Waals surface area contributed by atoms with Crippen LogP contribution in [0.3, 0.4) is 0 Å². The average molecular weight is 372 g/mol. The third kappa shape index (κ3) is 4.50. The van der Waals surface area contributed by atoms with Gasteiger partial charge in [0.2, 0.25) is 0 Å². The zero-order valence-electron chi connectivity index (χ0n) is 13.6. The van der Waals surface area contributed by atoms with E-state index >= 15 is 0 Å². The molecule has 24 heavy (non-hydrogen) atoms. The molecule has 3 N–H and O–H groups in total. The number of aliphatic carboxylic acids is 2. The first kappa shape index (κ1) is 20.1. The molecule has 0 saturated heterocycles. The van der Waals surface area contributed by atoms with Crippen LogP contribution in [0.4, 0.5) is 0 Å². The summed E-state index contributed by atoms with van der Waals surface area (Å²) in [5, 5.41) is 18.4. The Morgan fingerprint density at radius 2 is 1.46 bits per heavy atom. The number of carbonyl (C=O) groups is 2. The van der Waals surface area contributed by atoms with Gasteiger partial charge in [0.1, 0.15) is 0 Å². The fourth-order valence-corrected chi connectivity index (χ4v) is 5.30. The predicted octanol–water partition coefficient (Wildman–Crippen LogP) is 1.07. The third-order valence-corrected chi connectivity index (χ3v) is 7.85. The fraction of sp³-hybridized carbons (Fsp3) is 0.857. The summed E-state index contributed by atoms with van der Waals surface area (Å²) >= 11 is 0.930. The van der Waals surface area contributed by atoms with Crippen LogP contribution in [-0.2, 0) is 24.4 Å². The third-order valence-electron chi connectivity index (χ3n) is 5.25. The second kappa shape index (κ2) is 7.59. The Morgan fingerprint density at radius 3 is 1.83 bits per heavy atom. The van der Waals surface area contributed by atoms with Gasteiger partial charge in [0.15, 0.2) is 0 Å². The summed E-state index contributed by atoms with van der Waals surface area (Å²) in [4.78, 5) is 20.8. The van der Waals surface area contributed by atoms with Crippen molar-refractivity contribution < 1.29 is 37.5 Å². The molecular formula is C14H21NaO8S. The maximum atomic E-state index is 11.9. The van der Waals surface area contributed by atoms with Gasteiger partial charge in [-0.05, 0) is 0 Å². The standard InChI is InChI=1S/C14H21O8S.Na/c15-12(16)9-6-10(13(17)18)8-11(7-9)22-14(23(19,20)21)4-2-1-3-5-14;/h1,9-11H,2-8H2,(H,15,16)(H,17,18)(H,19,20,21);. The summed E-state index contributed by atoms with van der Waals surface area (Å²) in [5.41, 5.74) is 0. The van der Waals surface area contributed by atoms with Crippen molar-refractivity contribution in [3.8, 4) is 0 Å². The summed E-state index contributed by atoms with van der Waals surface area (Å²) in [7, 11) is -4.49. The van der Waals surface area contributed by atoms with Crippen molar-refractivity contribution in [2.24, 2.45) is 11.8 Å². The summed E-state index contributed by atoms with van der Waals surface area (Å²) in [6.07, 6.45) is 0.881. The number of ether oxygens (including phenoxy) is 1. The molecule has 0 aromatic heterocycles. The van der Waals surface area contributed by atoms with Gasteiger partial charge in [0.25, 0.3) is 0 Å². The van der Waals surface area contributed by atoms with Crippen LogP contribution in [0.15, 0.2) is 0 Å². The number of hydrogen-bond acceptors (Lipinski definition) is 5. The molecule has 8 nitrogen and oxygen atoms in total. The summed E-state index contributed by atoms with van der Waals surface area (Å²) in [6, 6.07) is 0.